The van der Waals surface area contributed by atoms with Gasteiger partial charge in [0.25, 0.3) is 5.69 Å². The van der Waals surface area contributed by atoms with Gasteiger partial charge in [-0.3, -0.25) is 19.9 Å². The van der Waals surface area contributed by atoms with Crippen molar-refractivity contribution in [2.75, 3.05) is 31.9 Å². The number of aromatic nitrogens is 2. The second-order valence-corrected chi connectivity index (χ2v) is 9.46. The Balaban J connectivity index is 0.000000149. The number of hydrogen-bond donors (Lipinski definition) is 1. The summed E-state index contributed by atoms with van der Waals surface area (Å²) < 4.78 is 11.3. The van der Waals surface area contributed by atoms with Gasteiger partial charge < -0.3 is 14.6 Å². The number of hydrogen-bond acceptors (Lipinski definition) is 9. The van der Waals surface area contributed by atoms with E-state index in [1.807, 2.05) is 18.2 Å². The molecular weight excluding hydrogens is 460 g/mol. The minimum atomic E-state index is -0.421. The van der Waals surface area contributed by atoms with Crippen molar-refractivity contribution in [1.29, 1.82) is 0 Å². The van der Waals surface area contributed by atoms with Crippen LogP contribution in [0.4, 0.5) is 11.4 Å². The molecule has 0 saturated carbocycles. The molecule has 0 atom stereocenters. The Bertz CT molecular complexity index is 1320. The largest absolute Gasteiger partial charge is 0.439 e. The summed E-state index contributed by atoms with van der Waals surface area (Å²) >= 11 is 0. The van der Waals surface area contributed by atoms with E-state index in [4.69, 9.17) is 14.6 Å². The monoisotopic (exact) mass is 492 g/mol. The van der Waals surface area contributed by atoms with E-state index >= 15 is 0 Å². The van der Waals surface area contributed by atoms with Gasteiger partial charge in [-0.1, -0.05) is 25.0 Å². The van der Waals surface area contributed by atoms with Gasteiger partial charge in [-0.25, -0.2) is 9.97 Å². The Morgan fingerprint density at radius 2 is 1.28 bits per heavy atom. The molecule has 10 heteroatoms. The lowest BCUT2D eigenvalue weighted by molar-refractivity contribution is -0.383. The molecule has 6 rings (SSSR count). The Hall–Kier alpha value is -3.50. The Morgan fingerprint density at radius 1 is 0.778 bits per heavy atom. The third-order valence-corrected chi connectivity index (χ3v) is 6.75. The minimum Gasteiger partial charge on any atom is -0.439 e. The molecule has 4 heterocycles. The molecule has 0 aliphatic carbocycles. The zero-order chi connectivity index (χ0) is 24.9. The molecule has 2 aliphatic heterocycles. The van der Waals surface area contributed by atoms with Crippen LogP contribution in [0.3, 0.4) is 0 Å². The van der Waals surface area contributed by atoms with Gasteiger partial charge in [-0.2, -0.15) is 0 Å². The molecule has 2 fully saturated rings. The molecule has 0 amide bonds. The number of nitrogens with zero attached hydrogens (tertiary/aromatic N) is 5. The minimum absolute atomic E-state index is 0.00569. The number of fused-ring (bicyclic) bond motifs is 2. The molecule has 4 aromatic rings. The number of likely N-dealkylation sites (tertiary alicyclic amines) is 2. The second kappa shape index (κ2) is 11.0. The number of nitrogens with two attached hydrogens (primary N) is 1. The predicted octanol–water partition coefficient (Wildman–Crippen LogP) is 5.12. The normalized spacial score (nSPS) is 17.2. The zero-order valence-electron chi connectivity index (χ0n) is 20.4. The van der Waals surface area contributed by atoms with Crippen LogP contribution in [-0.4, -0.2) is 50.9 Å². The van der Waals surface area contributed by atoms with Crippen LogP contribution < -0.4 is 5.73 Å². The van der Waals surface area contributed by atoms with E-state index in [0.717, 1.165) is 49.7 Å². The molecular formula is C26H32N6O4. The van der Waals surface area contributed by atoms with Crippen molar-refractivity contribution in [2.45, 2.75) is 51.6 Å². The number of anilines is 1. The molecule has 10 nitrogen and oxygen atoms in total. The SMILES string of the molecule is Nc1cccc2oc(CN3CCCCC3)nc12.O=[N+]([O-])c1cccc2oc(CN3CCCCC3)nc12. The van der Waals surface area contributed by atoms with Crippen molar-refractivity contribution in [3.63, 3.8) is 0 Å². The van der Waals surface area contributed by atoms with Gasteiger partial charge in [0.05, 0.1) is 23.7 Å². The second-order valence-electron chi connectivity index (χ2n) is 9.46. The molecule has 36 heavy (non-hydrogen) atoms. The molecule has 0 bridgehead atoms. The van der Waals surface area contributed by atoms with Crippen LogP contribution in [0.25, 0.3) is 22.2 Å². The van der Waals surface area contributed by atoms with Crippen LogP contribution in [0.5, 0.6) is 0 Å². The lowest BCUT2D eigenvalue weighted by atomic mass is 10.1. The van der Waals surface area contributed by atoms with Crippen molar-refractivity contribution in [1.82, 2.24) is 19.8 Å². The van der Waals surface area contributed by atoms with Crippen LogP contribution in [0.15, 0.2) is 45.2 Å². The summed E-state index contributed by atoms with van der Waals surface area (Å²) in [6.07, 6.45) is 7.57. The van der Waals surface area contributed by atoms with E-state index in [-0.39, 0.29) is 5.69 Å². The number of para-hydroxylation sites is 2. The van der Waals surface area contributed by atoms with Crippen LogP contribution >= 0.6 is 0 Å². The van der Waals surface area contributed by atoms with E-state index in [1.165, 1.54) is 44.6 Å². The number of piperidine rings is 2. The standard InChI is InChI=1S/C13H15N3O3.C13H17N3O/c17-16(18)10-5-4-6-11-13(10)14-12(19-11)9-15-7-2-1-3-8-15;14-10-5-4-6-11-13(10)15-12(17-11)9-16-7-2-1-3-8-16/h4-6H,1-3,7-9H2;4-6H,1-3,7-9,14H2. The fraction of sp³-hybridized carbons (Fsp3) is 0.462. The first-order valence-electron chi connectivity index (χ1n) is 12.7. The lowest BCUT2D eigenvalue weighted by Gasteiger charge is -2.24. The number of rotatable bonds is 5. The van der Waals surface area contributed by atoms with E-state index < -0.39 is 4.92 Å². The Morgan fingerprint density at radius 3 is 1.81 bits per heavy atom. The van der Waals surface area contributed by atoms with Crippen molar-refractivity contribution in [3.8, 4) is 0 Å². The maximum Gasteiger partial charge on any atom is 0.298 e. The van der Waals surface area contributed by atoms with Crippen LogP contribution in [0.1, 0.15) is 50.3 Å². The van der Waals surface area contributed by atoms with Gasteiger partial charge >= 0.3 is 0 Å². The summed E-state index contributed by atoms with van der Waals surface area (Å²) in [5, 5.41) is 10.9. The highest BCUT2D eigenvalue weighted by Gasteiger charge is 2.19. The molecule has 2 saturated heterocycles. The smallest absolute Gasteiger partial charge is 0.298 e. The number of benzene rings is 2. The van der Waals surface area contributed by atoms with Crippen LogP contribution in [-0.2, 0) is 13.1 Å². The summed E-state index contributed by atoms with van der Waals surface area (Å²) in [5.74, 6) is 1.34. The predicted molar refractivity (Wildman–Crippen MR) is 137 cm³/mol. The van der Waals surface area contributed by atoms with Crippen molar-refractivity contribution < 1.29 is 13.8 Å². The molecule has 190 valence electrons. The zero-order valence-corrected chi connectivity index (χ0v) is 20.4. The molecule has 2 aromatic carbocycles. The summed E-state index contributed by atoms with van der Waals surface area (Å²) in [6, 6.07) is 10.5. The molecule has 0 unspecified atom stereocenters. The molecule has 2 N–H and O–H groups in total. The average Bonchev–Trinajstić information content (AvgIpc) is 3.49. The topological polar surface area (TPSA) is 128 Å². The van der Waals surface area contributed by atoms with Crippen LogP contribution in [0, 0.1) is 10.1 Å². The first kappa shape index (κ1) is 24.2. The van der Waals surface area contributed by atoms with Crippen molar-refractivity contribution >= 4 is 33.6 Å². The number of oxazole rings is 2. The Kier molecular flexibility index (Phi) is 7.43. The van der Waals surface area contributed by atoms with E-state index in [0.29, 0.717) is 29.2 Å². The van der Waals surface area contributed by atoms with Gasteiger partial charge in [-0.05, 0) is 70.1 Å². The maximum absolute atomic E-state index is 10.9. The quantitative estimate of drug-likeness (QED) is 0.229. The van der Waals surface area contributed by atoms with E-state index in [1.54, 1.807) is 12.1 Å². The van der Waals surface area contributed by atoms with Gasteiger partial charge in [0.15, 0.2) is 16.7 Å². The average molecular weight is 493 g/mol. The number of non-ortho nitro benzene ring substituents is 1. The highest BCUT2D eigenvalue weighted by Crippen LogP contribution is 2.26. The first-order valence-corrected chi connectivity index (χ1v) is 12.7. The summed E-state index contributed by atoms with van der Waals surface area (Å²) in [6.45, 7) is 5.81. The third kappa shape index (κ3) is 5.66. The van der Waals surface area contributed by atoms with Gasteiger partial charge in [-0.15, -0.1) is 0 Å². The summed E-state index contributed by atoms with van der Waals surface area (Å²) in [4.78, 5) is 23.9. The summed E-state index contributed by atoms with van der Waals surface area (Å²) in [5.41, 5.74) is 8.98. The Labute approximate surface area is 209 Å². The highest BCUT2D eigenvalue weighted by atomic mass is 16.6. The van der Waals surface area contributed by atoms with E-state index in [2.05, 4.69) is 19.8 Å². The van der Waals surface area contributed by atoms with Crippen molar-refractivity contribution in [3.05, 3.63) is 58.3 Å². The maximum atomic E-state index is 10.9. The number of nitro benzene ring substituents is 1. The molecule has 2 aromatic heterocycles. The van der Waals surface area contributed by atoms with Crippen molar-refractivity contribution in [2.24, 2.45) is 0 Å². The van der Waals surface area contributed by atoms with Gasteiger partial charge in [0.1, 0.15) is 5.52 Å². The highest BCUT2D eigenvalue weighted by molar-refractivity contribution is 5.85. The van der Waals surface area contributed by atoms with Gasteiger partial charge in [0.2, 0.25) is 11.8 Å². The molecule has 2 aliphatic rings. The first-order chi connectivity index (χ1) is 17.6. The van der Waals surface area contributed by atoms with Gasteiger partial charge in [0, 0.05) is 6.07 Å². The van der Waals surface area contributed by atoms with Crippen LogP contribution in [0.2, 0.25) is 0 Å². The lowest BCUT2D eigenvalue weighted by Crippen LogP contribution is -2.29. The number of nitrogen functional groups attached to an aromatic ring is 1. The fourth-order valence-corrected chi connectivity index (χ4v) is 4.90. The molecule has 0 radical (unpaired) electrons. The number of nitro groups is 1. The van der Waals surface area contributed by atoms with E-state index in [9.17, 15) is 10.1 Å². The summed E-state index contributed by atoms with van der Waals surface area (Å²) in [7, 11) is 0. The molecule has 0 spiro atoms. The fourth-order valence-electron chi connectivity index (χ4n) is 4.90. The third-order valence-electron chi connectivity index (χ3n) is 6.75.